The Hall–Kier alpha value is -1.03. The molecule has 4 nitrogen and oxygen atoms in total. The van der Waals surface area contributed by atoms with Gasteiger partial charge in [-0.25, -0.2) is 4.68 Å². The molecule has 1 aromatic rings. The quantitative estimate of drug-likeness (QED) is 0.811. The SMILES string of the molecule is CC(CN)Cc1cc(=O)n(C2CCCC2)[nH]1. The third-order valence-electron chi connectivity index (χ3n) is 3.46. The average molecular weight is 223 g/mol. The van der Waals surface area contributed by atoms with Crippen molar-refractivity contribution in [2.24, 2.45) is 11.7 Å². The molecule has 1 fully saturated rings. The van der Waals surface area contributed by atoms with Crippen molar-refractivity contribution in [3.8, 4) is 0 Å². The molecule has 0 spiro atoms. The number of nitrogens with zero attached hydrogens (tertiary/aromatic N) is 1. The third-order valence-corrected chi connectivity index (χ3v) is 3.46. The standard InChI is InChI=1S/C12H21N3O/c1-9(8-13)6-10-7-12(16)15(14-10)11-4-2-3-5-11/h7,9,11,14H,2-6,8,13H2,1H3. The molecule has 16 heavy (non-hydrogen) atoms. The van der Waals surface area contributed by atoms with Gasteiger partial charge < -0.3 is 5.73 Å². The Morgan fingerprint density at radius 1 is 1.56 bits per heavy atom. The Labute approximate surface area is 95.8 Å². The van der Waals surface area contributed by atoms with Crippen molar-refractivity contribution < 1.29 is 0 Å². The van der Waals surface area contributed by atoms with Crippen LogP contribution in [0.4, 0.5) is 0 Å². The van der Waals surface area contributed by atoms with Crippen LogP contribution in [-0.2, 0) is 6.42 Å². The minimum atomic E-state index is 0.117. The molecule has 2 rings (SSSR count). The highest BCUT2D eigenvalue weighted by atomic mass is 16.1. The van der Waals surface area contributed by atoms with Gasteiger partial charge in [0.2, 0.25) is 0 Å². The van der Waals surface area contributed by atoms with Gasteiger partial charge in [0.25, 0.3) is 5.56 Å². The van der Waals surface area contributed by atoms with E-state index in [9.17, 15) is 4.79 Å². The third kappa shape index (κ3) is 2.38. The maximum Gasteiger partial charge on any atom is 0.266 e. The first kappa shape index (κ1) is 11.5. The topological polar surface area (TPSA) is 63.8 Å². The molecular formula is C12H21N3O. The minimum Gasteiger partial charge on any atom is -0.330 e. The van der Waals surface area contributed by atoms with Crippen LogP contribution < -0.4 is 11.3 Å². The molecule has 0 saturated heterocycles. The van der Waals surface area contributed by atoms with E-state index in [1.54, 1.807) is 6.07 Å². The normalized spacial score (nSPS) is 19.1. The van der Waals surface area contributed by atoms with Gasteiger partial charge in [-0.15, -0.1) is 0 Å². The monoisotopic (exact) mass is 223 g/mol. The molecule has 0 radical (unpaired) electrons. The molecule has 1 unspecified atom stereocenters. The number of aromatic nitrogens is 2. The second-order valence-corrected chi connectivity index (χ2v) is 4.97. The Morgan fingerprint density at radius 2 is 2.25 bits per heavy atom. The van der Waals surface area contributed by atoms with E-state index in [4.69, 9.17) is 5.73 Å². The van der Waals surface area contributed by atoms with Crippen molar-refractivity contribution in [2.75, 3.05) is 6.54 Å². The van der Waals surface area contributed by atoms with Crippen LogP contribution >= 0.6 is 0 Å². The maximum atomic E-state index is 11.8. The lowest BCUT2D eigenvalue weighted by atomic mass is 10.1. The van der Waals surface area contributed by atoms with Crippen molar-refractivity contribution in [2.45, 2.75) is 45.1 Å². The Morgan fingerprint density at radius 3 is 2.88 bits per heavy atom. The Bertz CT molecular complexity index is 387. The van der Waals surface area contributed by atoms with Crippen molar-refractivity contribution in [1.82, 2.24) is 9.78 Å². The highest BCUT2D eigenvalue weighted by Gasteiger charge is 2.19. The van der Waals surface area contributed by atoms with Crippen molar-refractivity contribution >= 4 is 0 Å². The van der Waals surface area contributed by atoms with E-state index < -0.39 is 0 Å². The highest BCUT2D eigenvalue weighted by molar-refractivity contribution is 5.02. The van der Waals surface area contributed by atoms with Gasteiger partial charge in [0.15, 0.2) is 0 Å². The predicted molar refractivity (Wildman–Crippen MR) is 64.5 cm³/mol. The zero-order valence-corrected chi connectivity index (χ0v) is 9.91. The van der Waals surface area contributed by atoms with E-state index in [-0.39, 0.29) is 5.56 Å². The van der Waals surface area contributed by atoms with Crippen LogP contribution in [0.5, 0.6) is 0 Å². The van der Waals surface area contributed by atoms with Gasteiger partial charge in [-0.2, -0.15) is 0 Å². The first-order valence-electron chi connectivity index (χ1n) is 6.21. The van der Waals surface area contributed by atoms with Gasteiger partial charge in [0.1, 0.15) is 0 Å². The molecule has 0 aromatic carbocycles. The van der Waals surface area contributed by atoms with Crippen LogP contribution in [0.25, 0.3) is 0 Å². The lowest BCUT2D eigenvalue weighted by molar-refractivity contribution is 0.447. The summed E-state index contributed by atoms with van der Waals surface area (Å²) in [6.07, 6.45) is 5.61. The summed E-state index contributed by atoms with van der Waals surface area (Å²) in [5, 5.41) is 3.24. The van der Waals surface area contributed by atoms with E-state index in [2.05, 4.69) is 12.0 Å². The molecule has 3 N–H and O–H groups in total. The number of nitrogens with one attached hydrogen (secondary N) is 1. The number of hydrogen-bond acceptors (Lipinski definition) is 2. The van der Waals surface area contributed by atoms with Crippen LogP contribution in [0.3, 0.4) is 0 Å². The molecule has 0 bridgehead atoms. The van der Waals surface area contributed by atoms with Gasteiger partial charge in [-0.1, -0.05) is 19.8 Å². The van der Waals surface area contributed by atoms with Gasteiger partial charge in [-0.05, 0) is 31.7 Å². The second-order valence-electron chi connectivity index (χ2n) is 4.97. The molecule has 90 valence electrons. The Kier molecular flexibility index (Phi) is 3.49. The summed E-state index contributed by atoms with van der Waals surface area (Å²) < 4.78 is 1.81. The number of aromatic amines is 1. The van der Waals surface area contributed by atoms with Crippen LogP contribution in [0.15, 0.2) is 10.9 Å². The van der Waals surface area contributed by atoms with Gasteiger partial charge in [0.05, 0.1) is 6.04 Å². The van der Waals surface area contributed by atoms with E-state index in [1.807, 2.05) is 4.68 Å². The lowest BCUT2D eigenvalue weighted by Crippen LogP contribution is -2.20. The highest BCUT2D eigenvalue weighted by Crippen LogP contribution is 2.27. The zero-order valence-electron chi connectivity index (χ0n) is 9.91. The molecule has 1 heterocycles. The molecule has 0 aliphatic heterocycles. The van der Waals surface area contributed by atoms with E-state index in [0.717, 1.165) is 25.0 Å². The molecule has 0 amide bonds. The van der Waals surface area contributed by atoms with E-state index >= 15 is 0 Å². The number of H-pyrrole nitrogens is 1. The van der Waals surface area contributed by atoms with Crippen molar-refractivity contribution in [3.63, 3.8) is 0 Å². The summed E-state index contributed by atoms with van der Waals surface area (Å²) in [4.78, 5) is 11.8. The zero-order chi connectivity index (χ0) is 11.5. The summed E-state index contributed by atoms with van der Waals surface area (Å²) in [7, 11) is 0. The molecule has 1 aromatic heterocycles. The van der Waals surface area contributed by atoms with Gasteiger partial charge >= 0.3 is 0 Å². The molecule has 1 atom stereocenters. The number of nitrogens with two attached hydrogens (primary N) is 1. The second kappa shape index (κ2) is 4.87. The van der Waals surface area contributed by atoms with E-state index in [1.165, 1.54) is 12.8 Å². The first-order chi connectivity index (χ1) is 7.70. The minimum absolute atomic E-state index is 0.117. The van der Waals surface area contributed by atoms with Crippen LogP contribution in [0.2, 0.25) is 0 Å². The van der Waals surface area contributed by atoms with Crippen molar-refractivity contribution in [1.29, 1.82) is 0 Å². The predicted octanol–water partition coefficient (Wildman–Crippen LogP) is 1.43. The molecule has 1 aliphatic rings. The van der Waals surface area contributed by atoms with Crippen LogP contribution in [0.1, 0.15) is 44.3 Å². The fourth-order valence-electron chi connectivity index (χ4n) is 2.46. The molecule has 4 heteroatoms. The number of rotatable bonds is 4. The van der Waals surface area contributed by atoms with Crippen molar-refractivity contribution in [3.05, 3.63) is 22.1 Å². The fraction of sp³-hybridized carbons (Fsp3) is 0.750. The smallest absolute Gasteiger partial charge is 0.266 e. The Balaban J connectivity index is 2.12. The summed E-state index contributed by atoms with van der Waals surface area (Å²) in [6, 6.07) is 2.12. The maximum absolute atomic E-state index is 11.8. The first-order valence-corrected chi connectivity index (χ1v) is 6.21. The lowest BCUT2D eigenvalue weighted by Gasteiger charge is -2.10. The summed E-state index contributed by atoms with van der Waals surface area (Å²) in [6.45, 7) is 2.77. The van der Waals surface area contributed by atoms with Gasteiger partial charge in [-0.3, -0.25) is 9.89 Å². The fourth-order valence-corrected chi connectivity index (χ4v) is 2.46. The molecule has 1 saturated carbocycles. The summed E-state index contributed by atoms with van der Waals surface area (Å²) in [5.41, 5.74) is 6.73. The van der Waals surface area contributed by atoms with Gasteiger partial charge in [0, 0.05) is 11.8 Å². The van der Waals surface area contributed by atoms with Crippen LogP contribution in [0, 0.1) is 5.92 Å². The summed E-state index contributed by atoms with van der Waals surface area (Å²) in [5.74, 6) is 0.426. The largest absolute Gasteiger partial charge is 0.330 e. The van der Waals surface area contributed by atoms with E-state index in [0.29, 0.717) is 18.5 Å². The number of hydrogen-bond donors (Lipinski definition) is 2. The summed E-state index contributed by atoms with van der Waals surface area (Å²) >= 11 is 0. The van der Waals surface area contributed by atoms with Crippen LogP contribution in [-0.4, -0.2) is 16.3 Å². The molecular weight excluding hydrogens is 202 g/mol. The average Bonchev–Trinajstić information content (AvgIpc) is 2.87. The molecule has 1 aliphatic carbocycles.